The van der Waals surface area contributed by atoms with Gasteiger partial charge in [-0.3, -0.25) is 4.98 Å². The number of nitrogens with zero attached hydrogens (tertiary/aromatic N) is 1. The van der Waals surface area contributed by atoms with Crippen LogP contribution in [-0.4, -0.2) is 4.98 Å². The second-order valence-electron chi connectivity index (χ2n) is 4.49. The summed E-state index contributed by atoms with van der Waals surface area (Å²) in [4.78, 5) is 4.12. The smallest absolute Gasteiger partial charge is 0.125 e. The second kappa shape index (κ2) is 6.40. The van der Waals surface area contributed by atoms with Gasteiger partial charge in [0.1, 0.15) is 12.4 Å². The fourth-order valence-electron chi connectivity index (χ4n) is 2.04. The predicted octanol–water partition coefficient (Wildman–Crippen LogP) is 4.78. The van der Waals surface area contributed by atoms with Gasteiger partial charge in [-0.2, -0.15) is 0 Å². The van der Waals surface area contributed by atoms with Gasteiger partial charge in [0, 0.05) is 28.3 Å². The summed E-state index contributed by atoms with van der Waals surface area (Å²) in [6.45, 7) is 4.59. The first-order valence-electron chi connectivity index (χ1n) is 5.98. The van der Waals surface area contributed by atoms with Gasteiger partial charge in [-0.1, -0.05) is 12.1 Å². The average Bonchev–Trinajstić information content (AvgIpc) is 2.37. The minimum atomic E-state index is 0.508. The predicted molar refractivity (Wildman–Crippen MR) is 81.7 cm³/mol. The van der Waals surface area contributed by atoms with Crippen LogP contribution in [0.25, 0.3) is 0 Å². The van der Waals surface area contributed by atoms with E-state index in [4.69, 9.17) is 16.3 Å². The molecule has 0 bridgehead atoms. The molecule has 0 aliphatic rings. The van der Waals surface area contributed by atoms with E-state index in [-0.39, 0.29) is 0 Å². The summed E-state index contributed by atoms with van der Waals surface area (Å²) >= 11 is 9.26. The van der Waals surface area contributed by atoms with E-state index < -0.39 is 0 Å². The van der Waals surface area contributed by atoms with Gasteiger partial charge in [0.05, 0.1) is 0 Å². The standard InChI is InChI=1S/C15H15BrClNO/c1-10-3-12(6-17)4-11(2)15(10)19-9-13-5-14(16)8-18-7-13/h3-5,7-8H,6,9H2,1-2H3. The number of hydrogen-bond acceptors (Lipinski definition) is 2. The Kier molecular flexibility index (Phi) is 4.83. The first-order valence-corrected chi connectivity index (χ1v) is 7.31. The third-order valence-electron chi connectivity index (χ3n) is 2.82. The topological polar surface area (TPSA) is 22.1 Å². The van der Waals surface area contributed by atoms with Crippen molar-refractivity contribution in [3.8, 4) is 5.75 Å². The Bertz CT molecular complexity index is 563. The van der Waals surface area contributed by atoms with Crippen molar-refractivity contribution in [3.63, 3.8) is 0 Å². The summed E-state index contributed by atoms with van der Waals surface area (Å²) in [6.07, 6.45) is 3.57. The van der Waals surface area contributed by atoms with E-state index in [2.05, 4.69) is 33.0 Å². The molecule has 2 rings (SSSR count). The molecule has 0 aliphatic carbocycles. The van der Waals surface area contributed by atoms with Gasteiger partial charge >= 0.3 is 0 Å². The van der Waals surface area contributed by atoms with Gasteiger partial charge < -0.3 is 4.74 Å². The molecule has 2 nitrogen and oxygen atoms in total. The molecule has 0 atom stereocenters. The molecule has 1 aromatic carbocycles. The zero-order valence-corrected chi connectivity index (χ0v) is 13.3. The molecule has 4 heteroatoms. The van der Waals surface area contributed by atoms with E-state index in [1.807, 2.05) is 26.1 Å². The van der Waals surface area contributed by atoms with E-state index in [1.165, 1.54) is 0 Å². The van der Waals surface area contributed by atoms with E-state index in [1.54, 1.807) is 6.20 Å². The van der Waals surface area contributed by atoms with Crippen molar-refractivity contribution in [2.45, 2.75) is 26.3 Å². The molecule has 0 unspecified atom stereocenters. The highest BCUT2D eigenvalue weighted by Gasteiger charge is 2.07. The van der Waals surface area contributed by atoms with Crippen LogP contribution in [0.4, 0.5) is 0 Å². The van der Waals surface area contributed by atoms with Gasteiger partial charge in [0.15, 0.2) is 0 Å². The Morgan fingerprint density at radius 2 is 1.79 bits per heavy atom. The molecule has 0 radical (unpaired) electrons. The summed E-state index contributed by atoms with van der Waals surface area (Å²) < 4.78 is 6.86. The van der Waals surface area contributed by atoms with Crippen molar-refractivity contribution in [1.29, 1.82) is 0 Å². The lowest BCUT2D eigenvalue weighted by molar-refractivity contribution is 0.301. The third-order valence-corrected chi connectivity index (χ3v) is 3.56. The van der Waals surface area contributed by atoms with Crippen LogP contribution >= 0.6 is 27.5 Å². The van der Waals surface area contributed by atoms with Crippen LogP contribution in [0.5, 0.6) is 5.75 Å². The van der Waals surface area contributed by atoms with Crippen LogP contribution in [0.15, 0.2) is 35.1 Å². The molecule has 0 aliphatic heterocycles. The minimum absolute atomic E-state index is 0.508. The SMILES string of the molecule is Cc1cc(CCl)cc(C)c1OCc1cncc(Br)c1. The molecule has 0 saturated heterocycles. The lowest BCUT2D eigenvalue weighted by atomic mass is 10.1. The molecule has 19 heavy (non-hydrogen) atoms. The maximum absolute atomic E-state index is 5.90. The molecule has 0 saturated carbocycles. The van der Waals surface area contributed by atoms with Crippen LogP contribution in [0.3, 0.4) is 0 Å². The molecule has 0 spiro atoms. The molecule has 1 heterocycles. The first kappa shape index (κ1) is 14.4. The maximum Gasteiger partial charge on any atom is 0.125 e. The molecule has 1 aromatic heterocycles. The monoisotopic (exact) mass is 339 g/mol. The van der Waals surface area contributed by atoms with Gasteiger partial charge in [-0.05, 0) is 52.5 Å². The number of halogens is 2. The van der Waals surface area contributed by atoms with Gasteiger partial charge in [-0.15, -0.1) is 11.6 Å². The van der Waals surface area contributed by atoms with Gasteiger partial charge in [0.25, 0.3) is 0 Å². The van der Waals surface area contributed by atoms with Crippen molar-refractivity contribution < 1.29 is 4.74 Å². The Morgan fingerprint density at radius 1 is 1.11 bits per heavy atom. The van der Waals surface area contributed by atoms with Crippen LogP contribution in [0, 0.1) is 13.8 Å². The van der Waals surface area contributed by atoms with Crippen molar-refractivity contribution in [3.05, 3.63) is 57.3 Å². The summed E-state index contributed by atoms with van der Waals surface area (Å²) in [5.41, 5.74) is 4.37. The number of ether oxygens (including phenoxy) is 1. The van der Waals surface area contributed by atoms with Crippen LogP contribution in [0.1, 0.15) is 22.3 Å². The Hall–Kier alpha value is -1.06. The fourth-order valence-corrected chi connectivity index (χ4v) is 2.60. The van der Waals surface area contributed by atoms with Gasteiger partial charge in [0.2, 0.25) is 0 Å². The lowest BCUT2D eigenvalue weighted by Gasteiger charge is -2.13. The Labute approximate surface area is 126 Å². The largest absolute Gasteiger partial charge is 0.488 e. The van der Waals surface area contributed by atoms with E-state index in [0.717, 1.165) is 32.5 Å². The number of hydrogen-bond donors (Lipinski definition) is 0. The van der Waals surface area contributed by atoms with Crippen LogP contribution < -0.4 is 4.74 Å². The maximum atomic E-state index is 5.90. The first-order chi connectivity index (χ1) is 9.10. The normalized spacial score (nSPS) is 10.5. The van der Waals surface area contributed by atoms with Crippen LogP contribution in [0.2, 0.25) is 0 Å². The fraction of sp³-hybridized carbons (Fsp3) is 0.267. The number of aromatic nitrogens is 1. The number of pyridine rings is 1. The summed E-state index contributed by atoms with van der Waals surface area (Å²) in [7, 11) is 0. The van der Waals surface area contributed by atoms with Crippen molar-refractivity contribution in [1.82, 2.24) is 4.98 Å². The molecule has 100 valence electrons. The van der Waals surface area contributed by atoms with Gasteiger partial charge in [-0.25, -0.2) is 0 Å². The van der Waals surface area contributed by atoms with E-state index >= 15 is 0 Å². The van der Waals surface area contributed by atoms with E-state index in [0.29, 0.717) is 12.5 Å². The molecule has 0 N–H and O–H groups in total. The number of alkyl halides is 1. The summed E-state index contributed by atoms with van der Waals surface area (Å²) in [5.74, 6) is 1.45. The summed E-state index contributed by atoms with van der Waals surface area (Å²) in [6, 6.07) is 6.13. The minimum Gasteiger partial charge on any atom is -0.488 e. The molecule has 2 aromatic rings. The molecule has 0 amide bonds. The zero-order chi connectivity index (χ0) is 13.8. The summed E-state index contributed by atoms with van der Waals surface area (Å²) in [5, 5.41) is 0. The lowest BCUT2D eigenvalue weighted by Crippen LogP contribution is -2.00. The third kappa shape index (κ3) is 3.71. The van der Waals surface area contributed by atoms with Crippen molar-refractivity contribution in [2.24, 2.45) is 0 Å². The highest BCUT2D eigenvalue weighted by atomic mass is 79.9. The average molecular weight is 341 g/mol. The second-order valence-corrected chi connectivity index (χ2v) is 5.68. The highest BCUT2D eigenvalue weighted by molar-refractivity contribution is 9.10. The number of aryl methyl sites for hydroxylation is 2. The highest BCUT2D eigenvalue weighted by Crippen LogP contribution is 2.26. The molecular weight excluding hydrogens is 326 g/mol. The number of rotatable bonds is 4. The van der Waals surface area contributed by atoms with Crippen LogP contribution in [-0.2, 0) is 12.5 Å². The molecule has 0 fully saturated rings. The number of benzene rings is 1. The Morgan fingerprint density at radius 3 is 2.37 bits per heavy atom. The zero-order valence-electron chi connectivity index (χ0n) is 10.9. The Balaban J connectivity index is 2.16. The quantitative estimate of drug-likeness (QED) is 0.747. The van der Waals surface area contributed by atoms with Crippen molar-refractivity contribution >= 4 is 27.5 Å². The molecular formula is C15H15BrClNO. The van der Waals surface area contributed by atoms with Crippen molar-refractivity contribution in [2.75, 3.05) is 0 Å². The van der Waals surface area contributed by atoms with E-state index in [9.17, 15) is 0 Å².